The van der Waals surface area contributed by atoms with Crippen molar-refractivity contribution in [3.8, 4) is 11.4 Å². The smallest absolute Gasteiger partial charge is 0.249 e. The number of benzene rings is 1. The van der Waals surface area contributed by atoms with Crippen LogP contribution in [0.3, 0.4) is 0 Å². The van der Waals surface area contributed by atoms with Crippen LogP contribution in [0.15, 0.2) is 60.0 Å². The van der Waals surface area contributed by atoms with Crippen LogP contribution in [0, 0.1) is 0 Å². The zero-order chi connectivity index (χ0) is 22.7. The van der Waals surface area contributed by atoms with Crippen LogP contribution in [-0.4, -0.2) is 78.8 Å². The first kappa shape index (κ1) is 21.8. The Morgan fingerprint density at radius 1 is 1.09 bits per heavy atom. The maximum Gasteiger partial charge on any atom is 0.249 e. The van der Waals surface area contributed by atoms with Gasteiger partial charge in [-0.3, -0.25) is 4.79 Å². The molecule has 0 saturated carbocycles. The van der Waals surface area contributed by atoms with Crippen LogP contribution in [-0.2, 0) is 14.8 Å². The number of H-pyrrole nitrogens is 1. The molecule has 1 aromatic rings. The molecule has 0 aliphatic carbocycles. The molecule has 0 radical (unpaired) electrons. The van der Waals surface area contributed by atoms with Gasteiger partial charge in [0.05, 0.1) is 16.8 Å². The molecule has 3 aliphatic rings. The van der Waals surface area contributed by atoms with Crippen LogP contribution < -0.4 is 10.2 Å². The second kappa shape index (κ2) is 8.97. The van der Waals surface area contributed by atoms with Gasteiger partial charge in [-0.05, 0) is 30.3 Å². The molecule has 0 unspecified atom stereocenters. The van der Waals surface area contributed by atoms with Gasteiger partial charge in [-0.25, -0.2) is 22.7 Å². The molecule has 3 aliphatic heterocycles. The van der Waals surface area contributed by atoms with Gasteiger partial charge in [0.1, 0.15) is 11.6 Å². The van der Waals surface area contributed by atoms with E-state index in [0.29, 0.717) is 5.69 Å². The molecule has 1 aromatic carbocycles. The van der Waals surface area contributed by atoms with Gasteiger partial charge >= 0.3 is 0 Å². The monoisotopic (exact) mass is 455 g/mol. The standard InChI is InChI=1S/C21H25N7O3S/c1-26(2)32(30,31)17-5-3-16(4-6-17)25-19(29)8-10-27-11-13-28(14-12-27)21-18-7-9-22-20(18)23-15-24-21/h3-10,15H,11-14H2,1-2H3,(H,25,29)(H,22,23,24). The molecule has 1 amide bonds. The molecule has 1 saturated heterocycles. The van der Waals surface area contributed by atoms with Gasteiger partial charge in [-0.1, -0.05) is 0 Å². The number of nitrogens with zero attached hydrogens (tertiary/aromatic N) is 5. The summed E-state index contributed by atoms with van der Waals surface area (Å²) >= 11 is 0. The number of amides is 1. The molecule has 4 rings (SSSR count). The van der Waals surface area contributed by atoms with E-state index in [-0.39, 0.29) is 10.8 Å². The summed E-state index contributed by atoms with van der Waals surface area (Å²) in [5, 5.41) is 2.75. The molecular weight excluding hydrogens is 430 g/mol. The highest BCUT2D eigenvalue weighted by Gasteiger charge is 2.21. The third-order valence-electron chi connectivity index (χ3n) is 5.28. The van der Waals surface area contributed by atoms with Gasteiger partial charge in [-0.15, -0.1) is 0 Å². The van der Waals surface area contributed by atoms with Crippen molar-refractivity contribution in [2.24, 2.45) is 0 Å². The van der Waals surface area contributed by atoms with Gasteiger partial charge in [0, 0.05) is 64.4 Å². The van der Waals surface area contributed by atoms with Crippen LogP contribution >= 0.6 is 0 Å². The fourth-order valence-electron chi connectivity index (χ4n) is 3.47. The lowest BCUT2D eigenvalue weighted by Crippen LogP contribution is -2.44. The summed E-state index contributed by atoms with van der Waals surface area (Å²) in [6.45, 7) is 3.09. The van der Waals surface area contributed by atoms with E-state index < -0.39 is 10.0 Å². The van der Waals surface area contributed by atoms with E-state index in [1.54, 1.807) is 30.9 Å². The SMILES string of the molecule is CN(C)S(=O)(=O)c1ccc(NC(=O)C=CN2CCN(c3nc[nH]c4nccc3-4)CC2)cc1. The van der Waals surface area contributed by atoms with Crippen LogP contribution in [0.4, 0.5) is 11.5 Å². The summed E-state index contributed by atoms with van der Waals surface area (Å²) in [5.41, 5.74) is 1.53. The molecule has 32 heavy (non-hydrogen) atoms. The summed E-state index contributed by atoms with van der Waals surface area (Å²) in [5.74, 6) is 1.46. The predicted octanol–water partition coefficient (Wildman–Crippen LogP) is 1.43. The Hall–Kier alpha value is -3.44. The largest absolute Gasteiger partial charge is 0.374 e. The summed E-state index contributed by atoms with van der Waals surface area (Å²) in [7, 11) is -0.542. The Bertz CT molecular complexity index is 1180. The number of piperazine rings is 1. The second-order valence-corrected chi connectivity index (χ2v) is 9.72. The van der Waals surface area contributed by atoms with E-state index in [9.17, 15) is 13.2 Å². The molecular formula is C21H25N7O3S. The number of hydrogen-bond acceptors (Lipinski definition) is 7. The number of anilines is 2. The number of carbonyl (C=O) groups excluding carboxylic acids is 1. The summed E-state index contributed by atoms with van der Waals surface area (Å²) in [6.07, 6.45) is 6.68. The average Bonchev–Trinajstić information content (AvgIpc) is 3.27. The van der Waals surface area contributed by atoms with Gasteiger partial charge < -0.3 is 20.1 Å². The molecule has 2 N–H and O–H groups in total. The number of fused-ring (bicyclic) bond motifs is 1. The lowest BCUT2D eigenvalue weighted by molar-refractivity contribution is -0.112. The van der Waals surface area contributed by atoms with Crippen molar-refractivity contribution in [1.82, 2.24) is 24.2 Å². The van der Waals surface area contributed by atoms with Crippen molar-refractivity contribution < 1.29 is 13.2 Å². The zero-order valence-electron chi connectivity index (χ0n) is 17.9. The van der Waals surface area contributed by atoms with E-state index in [2.05, 4.69) is 30.1 Å². The van der Waals surface area contributed by atoms with Crippen molar-refractivity contribution in [2.75, 3.05) is 50.5 Å². The van der Waals surface area contributed by atoms with E-state index in [1.807, 2.05) is 6.07 Å². The summed E-state index contributed by atoms with van der Waals surface area (Å²) in [4.78, 5) is 28.5. The number of hydrogen-bond donors (Lipinski definition) is 2. The van der Waals surface area contributed by atoms with Crippen LogP contribution in [0.1, 0.15) is 0 Å². The predicted molar refractivity (Wildman–Crippen MR) is 122 cm³/mol. The first-order chi connectivity index (χ1) is 15.3. The van der Waals surface area contributed by atoms with E-state index in [0.717, 1.165) is 47.7 Å². The van der Waals surface area contributed by atoms with Gasteiger partial charge in [-0.2, -0.15) is 0 Å². The van der Waals surface area contributed by atoms with E-state index in [1.165, 1.54) is 32.3 Å². The zero-order valence-corrected chi connectivity index (χ0v) is 18.7. The lowest BCUT2D eigenvalue weighted by Gasteiger charge is -2.35. The van der Waals surface area contributed by atoms with Crippen LogP contribution in [0.5, 0.6) is 0 Å². The van der Waals surface area contributed by atoms with Crippen LogP contribution in [0.2, 0.25) is 0 Å². The summed E-state index contributed by atoms with van der Waals surface area (Å²) in [6, 6.07) is 8.05. The minimum atomic E-state index is -3.49. The average molecular weight is 456 g/mol. The normalized spacial score (nSPS) is 15.1. The Kier molecular flexibility index (Phi) is 6.10. The lowest BCUT2D eigenvalue weighted by atomic mass is 10.2. The third kappa shape index (κ3) is 4.58. The second-order valence-electron chi connectivity index (χ2n) is 7.57. The number of carbonyl (C=O) groups is 1. The molecule has 11 heteroatoms. The molecule has 0 atom stereocenters. The van der Waals surface area contributed by atoms with Gasteiger partial charge in [0.2, 0.25) is 15.9 Å². The highest BCUT2D eigenvalue weighted by atomic mass is 32.2. The van der Waals surface area contributed by atoms with E-state index >= 15 is 0 Å². The summed E-state index contributed by atoms with van der Waals surface area (Å²) < 4.78 is 25.4. The minimum absolute atomic E-state index is 0.175. The number of aromatic amines is 1. The number of nitrogens with one attached hydrogen (secondary N) is 2. The molecule has 3 heterocycles. The number of aromatic nitrogens is 3. The molecule has 168 valence electrons. The quantitative estimate of drug-likeness (QED) is 0.541. The van der Waals surface area contributed by atoms with Crippen molar-refractivity contribution in [3.05, 3.63) is 55.1 Å². The van der Waals surface area contributed by atoms with Crippen molar-refractivity contribution >= 4 is 27.4 Å². The van der Waals surface area contributed by atoms with E-state index in [4.69, 9.17) is 0 Å². The van der Waals surface area contributed by atoms with Crippen LogP contribution in [0.25, 0.3) is 11.4 Å². The molecule has 0 bridgehead atoms. The number of rotatable bonds is 6. The maximum atomic E-state index is 12.3. The first-order valence-electron chi connectivity index (χ1n) is 10.1. The molecule has 1 fully saturated rings. The van der Waals surface area contributed by atoms with Crippen molar-refractivity contribution in [3.63, 3.8) is 0 Å². The Morgan fingerprint density at radius 2 is 1.81 bits per heavy atom. The first-order valence-corrected chi connectivity index (χ1v) is 11.6. The topological polar surface area (TPSA) is 115 Å². The van der Waals surface area contributed by atoms with Gasteiger partial charge in [0.25, 0.3) is 0 Å². The maximum absolute atomic E-state index is 12.3. The number of sulfonamides is 1. The Labute approximate surface area is 187 Å². The minimum Gasteiger partial charge on any atom is -0.374 e. The van der Waals surface area contributed by atoms with Crippen molar-refractivity contribution in [2.45, 2.75) is 4.90 Å². The molecule has 0 aromatic heterocycles. The third-order valence-corrected chi connectivity index (χ3v) is 7.11. The fraction of sp³-hybridized carbons (Fsp3) is 0.286. The van der Waals surface area contributed by atoms with Gasteiger partial charge in [0.15, 0.2) is 0 Å². The Balaban J connectivity index is 1.30. The fourth-order valence-corrected chi connectivity index (χ4v) is 4.37. The van der Waals surface area contributed by atoms with Crippen molar-refractivity contribution in [1.29, 1.82) is 0 Å². The highest BCUT2D eigenvalue weighted by Crippen LogP contribution is 2.28. The Morgan fingerprint density at radius 3 is 2.50 bits per heavy atom. The molecule has 10 nitrogen and oxygen atoms in total. The molecule has 0 spiro atoms. The highest BCUT2D eigenvalue weighted by molar-refractivity contribution is 7.89.